The number of benzene rings is 1. The van der Waals surface area contributed by atoms with Gasteiger partial charge in [0.25, 0.3) is 5.56 Å². The smallest absolute Gasteiger partial charge is 0.252 e. The Hall–Kier alpha value is -3.92. The minimum atomic E-state index is -3.90. The fourth-order valence-electron chi connectivity index (χ4n) is 6.32. The van der Waals surface area contributed by atoms with Crippen LogP contribution in [-0.4, -0.2) is 108 Å². The van der Waals surface area contributed by atoms with Gasteiger partial charge in [-0.1, -0.05) is 12.1 Å². The highest BCUT2D eigenvalue weighted by Gasteiger charge is 2.39. The normalized spacial score (nSPS) is 20.2. The van der Waals surface area contributed by atoms with E-state index in [4.69, 9.17) is 10.9 Å². The van der Waals surface area contributed by atoms with Gasteiger partial charge in [0.15, 0.2) is 0 Å². The Morgan fingerprint density at radius 3 is 2.38 bits per heavy atom. The van der Waals surface area contributed by atoms with Crippen molar-refractivity contribution in [2.45, 2.75) is 55.2 Å². The van der Waals surface area contributed by atoms with Crippen molar-refractivity contribution < 1.29 is 25.3 Å². The zero-order valence-corrected chi connectivity index (χ0v) is 29.6. The Labute approximate surface area is 289 Å². The summed E-state index contributed by atoms with van der Waals surface area (Å²) >= 11 is 0. The summed E-state index contributed by atoms with van der Waals surface area (Å²) in [6, 6.07) is 11.1. The molecule has 17 nitrogen and oxygen atoms in total. The zero-order chi connectivity index (χ0) is 35.8. The van der Waals surface area contributed by atoms with Crippen LogP contribution in [0.3, 0.4) is 0 Å². The fraction of sp³-hybridized carbons (Fsp3) is 0.433. The number of pyridine rings is 1. The highest BCUT2D eigenvalue weighted by Crippen LogP contribution is 2.26. The molecule has 0 amide bonds. The van der Waals surface area contributed by atoms with E-state index < -0.39 is 36.1 Å². The molecule has 0 saturated carbocycles. The number of rotatable bonds is 10. The first kappa shape index (κ1) is 35.9. The molecule has 0 aliphatic carbocycles. The second-order valence-electron chi connectivity index (χ2n) is 12.6. The first-order valence-corrected chi connectivity index (χ1v) is 20.9. The summed E-state index contributed by atoms with van der Waals surface area (Å²) in [5.74, 6) is -0.166. The molecule has 20 heteroatoms. The van der Waals surface area contributed by atoms with Crippen LogP contribution in [0.4, 0.5) is 5.95 Å². The third kappa shape index (κ3) is 8.17. The van der Waals surface area contributed by atoms with Crippen molar-refractivity contribution in [1.29, 1.82) is 0 Å². The molecular weight excluding hydrogens is 709 g/mol. The number of nitrogens with two attached hydrogens (primary N) is 2. The lowest BCUT2D eigenvalue weighted by molar-refractivity contribution is 0.252. The van der Waals surface area contributed by atoms with E-state index in [1.165, 1.54) is 31.4 Å². The van der Waals surface area contributed by atoms with E-state index >= 15 is 0 Å². The van der Waals surface area contributed by atoms with Crippen LogP contribution in [-0.2, 0) is 36.6 Å². The Bertz CT molecular complexity index is 2280. The summed E-state index contributed by atoms with van der Waals surface area (Å²) in [7, 11) is -11.3. The Morgan fingerprint density at radius 2 is 1.70 bits per heavy atom. The highest BCUT2D eigenvalue weighted by atomic mass is 32.2. The number of fused-ring (bicyclic) bond motifs is 1. The average Bonchev–Trinajstić information content (AvgIpc) is 3.06. The van der Waals surface area contributed by atoms with Gasteiger partial charge in [0.1, 0.15) is 5.65 Å². The molecule has 2 unspecified atom stereocenters. The van der Waals surface area contributed by atoms with Crippen LogP contribution in [0, 0.1) is 0 Å². The molecular formula is C30H38N10O7S3. The molecule has 6 rings (SSSR count). The molecule has 5 N–H and O–H groups in total. The van der Waals surface area contributed by atoms with E-state index in [2.05, 4.69) is 25.5 Å². The van der Waals surface area contributed by atoms with Crippen LogP contribution in [0.1, 0.15) is 31.4 Å². The lowest BCUT2D eigenvalue weighted by Gasteiger charge is -2.39. The summed E-state index contributed by atoms with van der Waals surface area (Å²) in [4.78, 5) is 22.0. The minimum Gasteiger partial charge on any atom is -0.351 e. The maximum Gasteiger partial charge on any atom is 0.252 e. The molecule has 2 saturated heterocycles. The highest BCUT2D eigenvalue weighted by molar-refractivity contribution is 7.89. The molecule has 0 radical (unpaired) electrons. The van der Waals surface area contributed by atoms with Gasteiger partial charge in [-0.25, -0.2) is 39.7 Å². The van der Waals surface area contributed by atoms with Crippen LogP contribution in [0.5, 0.6) is 0 Å². The van der Waals surface area contributed by atoms with Crippen molar-refractivity contribution in [3.8, 4) is 11.3 Å². The maximum absolute atomic E-state index is 13.4. The van der Waals surface area contributed by atoms with Crippen LogP contribution < -0.4 is 21.7 Å². The van der Waals surface area contributed by atoms with Gasteiger partial charge >= 0.3 is 0 Å². The number of aromatic nitrogens is 5. The van der Waals surface area contributed by atoms with Gasteiger partial charge in [-0.2, -0.15) is 19.5 Å². The zero-order valence-electron chi connectivity index (χ0n) is 27.2. The fourth-order valence-corrected chi connectivity index (χ4v) is 9.89. The number of anilines is 1. The first-order valence-electron chi connectivity index (χ1n) is 15.9. The first-order chi connectivity index (χ1) is 23.6. The number of hydrogen-bond donors (Lipinski definition) is 3. The molecule has 0 bridgehead atoms. The van der Waals surface area contributed by atoms with Crippen LogP contribution >= 0.6 is 0 Å². The number of hydrogen-bond acceptors (Lipinski definition) is 13. The molecule has 2 fully saturated rings. The van der Waals surface area contributed by atoms with Crippen molar-refractivity contribution in [1.82, 2.24) is 33.3 Å². The molecule has 2 aliphatic rings. The largest absolute Gasteiger partial charge is 0.351 e. The number of piperidine rings is 2. The second-order valence-corrected chi connectivity index (χ2v) is 18.1. The SMILES string of the molecule is CS(=O)(=O)N1CCC(Nc2ncc3ccc(=O)n(Cc4ccc(-c5cccc(S(N)(=O)=O)c5)nn4)c3n2)CC1CS(=O)(=O)N1CCC(N)CC1. The van der Waals surface area contributed by atoms with Gasteiger partial charge in [-0.3, -0.25) is 9.36 Å². The summed E-state index contributed by atoms with van der Waals surface area (Å²) in [5.41, 5.74) is 7.27. The predicted octanol–water partition coefficient (Wildman–Crippen LogP) is -0.0984. The molecule has 2 atom stereocenters. The Balaban J connectivity index is 1.21. The minimum absolute atomic E-state index is 0.0191. The van der Waals surface area contributed by atoms with Crippen LogP contribution in [0.25, 0.3) is 22.3 Å². The lowest BCUT2D eigenvalue weighted by atomic mass is 10.0. The van der Waals surface area contributed by atoms with Gasteiger partial charge in [-0.15, -0.1) is 0 Å². The number of nitrogens with one attached hydrogen (secondary N) is 1. The Kier molecular flexibility index (Phi) is 10.1. The molecule has 50 heavy (non-hydrogen) atoms. The van der Waals surface area contributed by atoms with Gasteiger partial charge in [-0.05, 0) is 56.0 Å². The molecule has 2 aliphatic heterocycles. The van der Waals surface area contributed by atoms with Gasteiger partial charge < -0.3 is 11.1 Å². The maximum atomic E-state index is 13.4. The number of sulfonamides is 3. The molecule has 5 heterocycles. The van der Waals surface area contributed by atoms with Gasteiger partial charge in [0.2, 0.25) is 36.0 Å². The quantitative estimate of drug-likeness (QED) is 0.192. The topological polar surface area (TPSA) is 247 Å². The molecule has 1 aromatic carbocycles. The Morgan fingerprint density at radius 1 is 0.940 bits per heavy atom. The van der Waals surface area contributed by atoms with Gasteiger partial charge in [0.05, 0.1) is 34.8 Å². The number of nitrogens with zero attached hydrogens (tertiary/aromatic N) is 7. The van der Waals surface area contributed by atoms with Crippen molar-refractivity contribution in [3.05, 3.63) is 70.8 Å². The standard InChI is InChI=1S/C30H38N10O7S3/c1-48(42,43)40-14-11-23(16-25(40)19-49(44,45)38-12-9-22(31)10-13-38)34-30-33-17-21-5-8-28(41)39(29(21)35-30)18-24-6-7-27(37-36-24)20-3-2-4-26(15-20)50(32,46)47/h2-8,15,17,22-23,25H,9-14,16,18-19,31H2,1H3,(H2,32,46,47)(H,33,34,35). The number of primary sulfonamides is 1. The van der Waals surface area contributed by atoms with Crippen LogP contribution in [0.15, 0.2) is 64.4 Å². The lowest BCUT2D eigenvalue weighted by Crippen LogP contribution is -2.54. The summed E-state index contributed by atoms with van der Waals surface area (Å²) in [6.45, 7) is 0.731. The van der Waals surface area contributed by atoms with Crippen molar-refractivity contribution in [2.24, 2.45) is 10.9 Å². The van der Waals surface area contributed by atoms with E-state index in [0.29, 0.717) is 60.3 Å². The molecule has 0 spiro atoms. The van der Waals surface area contributed by atoms with E-state index in [9.17, 15) is 30.0 Å². The van der Waals surface area contributed by atoms with Crippen LogP contribution in [0.2, 0.25) is 0 Å². The van der Waals surface area contributed by atoms with E-state index in [-0.39, 0.29) is 53.7 Å². The average molecular weight is 747 g/mol. The van der Waals surface area contributed by atoms with Crippen molar-refractivity contribution >= 4 is 47.1 Å². The van der Waals surface area contributed by atoms with Crippen molar-refractivity contribution in [2.75, 3.05) is 37.0 Å². The molecule has 268 valence electrons. The van der Waals surface area contributed by atoms with E-state index in [0.717, 1.165) is 6.26 Å². The summed E-state index contributed by atoms with van der Waals surface area (Å²) < 4.78 is 79.6. The third-order valence-corrected chi connectivity index (χ3v) is 13.1. The van der Waals surface area contributed by atoms with E-state index in [1.54, 1.807) is 36.5 Å². The second kappa shape index (κ2) is 14.0. The third-order valence-electron chi connectivity index (χ3n) is 8.94. The summed E-state index contributed by atoms with van der Waals surface area (Å²) in [5, 5.41) is 17.5. The van der Waals surface area contributed by atoms with Gasteiger partial charge in [0, 0.05) is 61.0 Å². The van der Waals surface area contributed by atoms with E-state index in [1.807, 2.05) is 0 Å². The van der Waals surface area contributed by atoms with Crippen molar-refractivity contribution in [3.63, 3.8) is 0 Å². The molecule has 4 aromatic rings. The predicted molar refractivity (Wildman–Crippen MR) is 186 cm³/mol. The molecule has 3 aromatic heterocycles. The monoisotopic (exact) mass is 746 g/mol. The summed E-state index contributed by atoms with van der Waals surface area (Å²) in [6.07, 6.45) is 4.31.